The van der Waals surface area contributed by atoms with Gasteiger partial charge in [-0.05, 0) is 44.2 Å². The smallest absolute Gasteiger partial charge is 0.306 e. The van der Waals surface area contributed by atoms with E-state index in [0.29, 0.717) is 17.4 Å². The van der Waals surface area contributed by atoms with Gasteiger partial charge in [-0.25, -0.2) is 0 Å². The van der Waals surface area contributed by atoms with Gasteiger partial charge in [0.1, 0.15) is 18.1 Å². The lowest BCUT2D eigenvalue weighted by atomic mass is 10.1. The molecule has 0 aliphatic heterocycles. The van der Waals surface area contributed by atoms with Crippen LogP contribution in [-0.2, 0) is 27.2 Å². The fourth-order valence-corrected chi connectivity index (χ4v) is 3.47. The summed E-state index contributed by atoms with van der Waals surface area (Å²) in [5.74, 6) is 0.560. The first kappa shape index (κ1) is 25.2. The van der Waals surface area contributed by atoms with Crippen LogP contribution in [0.3, 0.4) is 0 Å². The van der Waals surface area contributed by atoms with Gasteiger partial charge in [0.2, 0.25) is 0 Å². The molecule has 6 nitrogen and oxygen atoms in total. The van der Waals surface area contributed by atoms with Crippen molar-refractivity contribution in [3.8, 4) is 0 Å². The molecule has 0 spiro atoms. The highest BCUT2D eigenvalue weighted by Gasteiger charge is 2.22. The first-order valence-corrected chi connectivity index (χ1v) is 10.8. The van der Waals surface area contributed by atoms with Crippen molar-refractivity contribution < 1.29 is 28.3 Å². The van der Waals surface area contributed by atoms with Crippen LogP contribution >= 0.6 is 0 Å². The number of nitrogens with zero attached hydrogens (tertiary/aromatic N) is 1. The molecular formula is C23H39NO5. The van der Waals surface area contributed by atoms with E-state index in [1.54, 1.807) is 0 Å². The van der Waals surface area contributed by atoms with Crippen molar-refractivity contribution in [3.63, 3.8) is 0 Å². The second-order valence-corrected chi connectivity index (χ2v) is 9.02. The molecule has 1 aromatic heterocycles. The number of hydrogen-bond donors (Lipinski definition) is 0. The fourth-order valence-electron chi connectivity index (χ4n) is 3.47. The van der Waals surface area contributed by atoms with Crippen LogP contribution in [0.4, 0.5) is 0 Å². The molecule has 0 aromatic carbocycles. The number of unbranched alkanes of at least 4 members (excludes halogenated alkanes) is 3. The largest absolute Gasteiger partial charge is 0.550 e. The van der Waals surface area contributed by atoms with Crippen molar-refractivity contribution >= 4 is 11.9 Å². The molecule has 0 N–H and O–H groups in total. The standard InChI is InChI=1S/C23H39NO5/c1-7-8-9-12-20-17(2)18(3)21(29-20)13-10-11-14-23(27)28-19(15-22(25)26)16-24(4,5)6/h19H,7-16H2,1-6H3. The number of carbonyl (C=O) groups excluding carboxylic acids is 2. The van der Waals surface area contributed by atoms with E-state index >= 15 is 0 Å². The first-order chi connectivity index (χ1) is 13.5. The monoisotopic (exact) mass is 409 g/mol. The molecule has 0 radical (unpaired) electrons. The molecule has 0 aliphatic rings. The second kappa shape index (κ2) is 12.0. The minimum atomic E-state index is -1.20. The van der Waals surface area contributed by atoms with E-state index in [2.05, 4.69) is 20.8 Å². The minimum absolute atomic E-state index is 0.271. The van der Waals surface area contributed by atoms with Gasteiger partial charge in [0.25, 0.3) is 0 Å². The topological polar surface area (TPSA) is 79.6 Å². The lowest BCUT2D eigenvalue weighted by Gasteiger charge is -2.29. The van der Waals surface area contributed by atoms with Gasteiger partial charge in [-0.1, -0.05) is 19.8 Å². The van der Waals surface area contributed by atoms with Crippen LogP contribution in [0.1, 0.15) is 74.5 Å². The highest BCUT2D eigenvalue weighted by atomic mass is 16.5. The molecule has 1 heterocycles. The lowest BCUT2D eigenvalue weighted by Crippen LogP contribution is -2.45. The van der Waals surface area contributed by atoms with Gasteiger partial charge in [0.05, 0.1) is 21.1 Å². The maximum absolute atomic E-state index is 12.1. The van der Waals surface area contributed by atoms with Crippen LogP contribution in [0.15, 0.2) is 4.42 Å². The molecule has 0 saturated heterocycles. The van der Waals surface area contributed by atoms with Crippen LogP contribution in [0.25, 0.3) is 0 Å². The zero-order valence-electron chi connectivity index (χ0n) is 19.1. The van der Waals surface area contributed by atoms with E-state index < -0.39 is 12.1 Å². The van der Waals surface area contributed by atoms with Crippen molar-refractivity contribution in [1.82, 2.24) is 0 Å². The summed E-state index contributed by atoms with van der Waals surface area (Å²) in [6.07, 6.45) is 6.21. The van der Waals surface area contributed by atoms with Gasteiger partial charge in [-0.15, -0.1) is 0 Å². The summed E-state index contributed by atoms with van der Waals surface area (Å²) < 4.78 is 12.0. The quantitative estimate of drug-likeness (QED) is 0.268. The molecule has 1 aromatic rings. The number of likely N-dealkylation sites (N-methyl/N-ethyl adjacent to an activating group) is 1. The van der Waals surface area contributed by atoms with Crippen LogP contribution in [0, 0.1) is 13.8 Å². The van der Waals surface area contributed by atoms with Crippen LogP contribution in [-0.4, -0.2) is 50.2 Å². The lowest BCUT2D eigenvalue weighted by molar-refractivity contribution is -0.873. The Hall–Kier alpha value is -1.82. The number of quaternary nitrogens is 1. The molecule has 0 saturated carbocycles. The van der Waals surface area contributed by atoms with E-state index in [0.717, 1.165) is 37.2 Å². The van der Waals surface area contributed by atoms with Gasteiger partial charge in [-0.2, -0.15) is 0 Å². The molecule has 0 amide bonds. The molecule has 1 unspecified atom stereocenters. The Morgan fingerprint density at radius 1 is 1.00 bits per heavy atom. The fraction of sp³-hybridized carbons (Fsp3) is 0.739. The molecule has 166 valence electrons. The molecule has 0 aliphatic carbocycles. The highest BCUT2D eigenvalue weighted by Crippen LogP contribution is 2.24. The molecule has 6 heteroatoms. The number of furan rings is 1. The predicted molar refractivity (Wildman–Crippen MR) is 111 cm³/mol. The summed E-state index contributed by atoms with van der Waals surface area (Å²) in [7, 11) is 5.79. The summed E-state index contributed by atoms with van der Waals surface area (Å²) >= 11 is 0. The average Bonchev–Trinajstić information content (AvgIpc) is 2.85. The van der Waals surface area contributed by atoms with Crippen LogP contribution in [0.2, 0.25) is 0 Å². The minimum Gasteiger partial charge on any atom is -0.550 e. The SMILES string of the molecule is CCCCCc1oc(CCCCC(=O)OC(CC(=O)[O-])C[N+](C)(C)C)c(C)c1C. The van der Waals surface area contributed by atoms with E-state index in [1.807, 2.05) is 21.1 Å². The zero-order valence-corrected chi connectivity index (χ0v) is 19.1. The third-order valence-electron chi connectivity index (χ3n) is 5.13. The van der Waals surface area contributed by atoms with Crippen LogP contribution in [0.5, 0.6) is 0 Å². The normalized spacial score (nSPS) is 12.8. The summed E-state index contributed by atoms with van der Waals surface area (Å²) in [5, 5.41) is 10.9. The molecule has 1 atom stereocenters. The van der Waals surface area contributed by atoms with Crippen molar-refractivity contribution in [2.45, 2.75) is 84.7 Å². The summed E-state index contributed by atoms with van der Waals surface area (Å²) in [6, 6.07) is 0. The second-order valence-electron chi connectivity index (χ2n) is 9.02. The number of carbonyl (C=O) groups is 2. The number of rotatable bonds is 14. The molecular weight excluding hydrogens is 370 g/mol. The Balaban J connectivity index is 2.45. The molecule has 1 rings (SSSR count). The van der Waals surface area contributed by atoms with E-state index in [9.17, 15) is 14.7 Å². The van der Waals surface area contributed by atoms with Crippen molar-refractivity contribution in [1.29, 1.82) is 0 Å². The predicted octanol–water partition coefficient (Wildman–Crippen LogP) is 3.10. The zero-order chi connectivity index (χ0) is 22.0. The van der Waals surface area contributed by atoms with Crippen molar-refractivity contribution in [3.05, 3.63) is 22.6 Å². The number of aliphatic carboxylic acids is 1. The number of ether oxygens (including phenoxy) is 1. The third kappa shape index (κ3) is 9.97. The maximum Gasteiger partial charge on any atom is 0.306 e. The van der Waals surface area contributed by atoms with Gasteiger partial charge in [0, 0.05) is 31.7 Å². The summed E-state index contributed by atoms with van der Waals surface area (Å²) in [6.45, 7) is 6.85. The number of carboxylic acid groups (broad SMARTS) is 1. The Morgan fingerprint density at radius 3 is 2.03 bits per heavy atom. The van der Waals surface area contributed by atoms with Crippen molar-refractivity contribution in [2.24, 2.45) is 0 Å². The Labute approximate surface area is 175 Å². The molecule has 0 fully saturated rings. The van der Waals surface area contributed by atoms with Crippen molar-refractivity contribution in [2.75, 3.05) is 27.7 Å². The average molecular weight is 410 g/mol. The van der Waals surface area contributed by atoms with E-state index in [1.165, 1.54) is 24.0 Å². The van der Waals surface area contributed by atoms with Gasteiger partial charge >= 0.3 is 5.97 Å². The third-order valence-corrected chi connectivity index (χ3v) is 5.13. The number of carboxylic acids is 1. The van der Waals surface area contributed by atoms with E-state index in [-0.39, 0.29) is 18.8 Å². The summed E-state index contributed by atoms with van der Waals surface area (Å²) in [5.41, 5.74) is 2.47. The molecule has 29 heavy (non-hydrogen) atoms. The highest BCUT2D eigenvalue weighted by molar-refractivity contribution is 5.70. The number of hydrogen-bond acceptors (Lipinski definition) is 5. The number of aryl methyl sites for hydroxylation is 2. The van der Waals surface area contributed by atoms with E-state index in [4.69, 9.17) is 9.15 Å². The van der Waals surface area contributed by atoms with Gasteiger partial charge in [-0.3, -0.25) is 4.79 Å². The number of esters is 1. The first-order valence-electron chi connectivity index (χ1n) is 10.8. The van der Waals surface area contributed by atoms with Gasteiger partial charge < -0.3 is 23.5 Å². The molecule has 0 bridgehead atoms. The maximum atomic E-state index is 12.1. The van der Waals surface area contributed by atoms with Crippen LogP contribution < -0.4 is 5.11 Å². The Kier molecular flexibility index (Phi) is 10.4. The Bertz CT molecular complexity index is 657. The van der Waals surface area contributed by atoms with Gasteiger partial charge in [0.15, 0.2) is 6.10 Å². The Morgan fingerprint density at radius 2 is 1.55 bits per heavy atom. The summed E-state index contributed by atoms with van der Waals surface area (Å²) in [4.78, 5) is 23.1.